The predicted octanol–water partition coefficient (Wildman–Crippen LogP) is 17.0. The molecule has 1 aliphatic rings. The fourth-order valence-electron chi connectivity index (χ4n) is 11.2. The molecule has 1 atom stereocenters. The molecule has 1 N–H and O–H groups in total. The van der Waals surface area contributed by atoms with Crippen molar-refractivity contribution in [1.82, 2.24) is 9.88 Å². The van der Waals surface area contributed by atoms with Crippen LogP contribution in [0.25, 0.3) is 125 Å². The maximum Gasteiger partial charge on any atom is 0.159 e. The Morgan fingerprint density at radius 1 is 0.394 bits per heavy atom. The second kappa shape index (κ2) is 14.6. The number of nitrogens with zero attached hydrogens (tertiary/aromatic N) is 3. The zero-order valence-corrected chi connectivity index (χ0v) is 38.5. The van der Waals surface area contributed by atoms with Crippen LogP contribution in [0.3, 0.4) is 0 Å². The molecule has 1 unspecified atom stereocenters. The van der Waals surface area contributed by atoms with E-state index in [1.807, 2.05) is 59.9 Å². The molecular formula is C63H36N4O3S. The van der Waals surface area contributed by atoms with E-state index in [0.717, 1.165) is 99.3 Å². The highest BCUT2D eigenvalue weighted by Gasteiger charge is 2.26. The lowest BCUT2D eigenvalue weighted by Gasteiger charge is -2.24. The van der Waals surface area contributed by atoms with Crippen molar-refractivity contribution in [3.63, 3.8) is 0 Å². The van der Waals surface area contributed by atoms with Crippen LogP contribution in [0, 0.1) is 0 Å². The maximum absolute atomic E-state index is 6.74. The molecule has 0 spiro atoms. The third-order valence-corrected chi connectivity index (χ3v) is 15.6. The molecule has 1 aliphatic heterocycles. The van der Waals surface area contributed by atoms with Crippen molar-refractivity contribution in [3.8, 4) is 16.8 Å². The molecule has 0 bridgehead atoms. The van der Waals surface area contributed by atoms with Gasteiger partial charge in [0.15, 0.2) is 5.84 Å². The molecule has 71 heavy (non-hydrogen) atoms. The minimum atomic E-state index is -0.495. The summed E-state index contributed by atoms with van der Waals surface area (Å²) in [5, 5.41) is 15.1. The first-order chi connectivity index (χ1) is 35.1. The van der Waals surface area contributed by atoms with Crippen molar-refractivity contribution in [2.75, 3.05) is 0 Å². The number of rotatable bonds is 5. The Hall–Kier alpha value is -9.24. The first kappa shape index (κ1) is 38.7. The van der Waals surface area contributed by atoms with E-state index in [1.54, 1.807) is 0 Å². The number of hydrogen-bond acceptors (Lipinski definition) is 7. The molecule has 332 valence electrons. The lowest BCUT2D eigenvalue weighted by atomic mass is 9.99. The number of aromatic nitrogens is 1. The van der Waals surface area contributed by atoms with Crippen molar-refractivity contribution < 1.29 is 13.3 Å². The van der Waals surface area contributed by atoms with Crippen LogP contribution in [0.5, 0.6) is 0 Å². The predicted molar refractivity (Wildman–Crippen MR) is 293 cm³/mol. The van der Waals surface area contributed by atoms with Gasteiger partial charge < -0.3 is 23.1 Å². The van der Waals surface area contributed by atoms with Gasteiger partial charge in [0.25, 0.3) is 0 Å². The molecule has 7 nitrogen and oxygen atoms in total. The fraction of sp³-hybridized carbons (Fsp3) is 0.0159. The number of nitrogens with one attached hydrogen (secondary N) is 1. The molecule has 15 aromatic rings. The van der Waals surface area contributed by atoms with Gasteiger partial charge in [-0.3, -0.25) is 0 Å². The van der Waals surface area contributed by atoms with Crippen molar-refractivity contribution >= 4 is 131 Å². The van der Waals surface area contributed by atoms with E-state index in [1.165, 1.54) is 42.0 Å². The van der Waals surface area contributed by atoms with Crippen LogP contribution in [-0.2, 0) is 0 Å². The fourth-order valence-corrected chi connectivity index (χ4v) is 12.3. The number of para-hydroxylation sites is 4. The number of amidine groups is 2. The molecule has 0 saturated carbocycles. The van der Waals surface area contributed by atoms with Crippen LogP contribution >= 0.6 is 11.3 Å². The number of furan rings is 3. The third kappa shape index (κ3) is 5.83. The highest BCUT2D eigenvalue weighted by molar-refractivity contribution is 7.25. The van der Waals surface area contributed by atoms with Crippen LogP contribution in [0.4, 0.5) is 0 Å². The maximum atomic E-state index is 6.74. The Balaban J connectivity index is 0.789. The number of aliphatic imine (C=N–C) groups is 2. The lowest BCUT2D eigenvalue weighted by molar-refractivity contribution is 0.661. The lowest BCUT2D eigenvalue weighted by Crippen LogP contribution is -2.33. The first-order valence-corrected chi connectivity index (χ1v) is 24.6. The third-order valence-electron chi connectivity index (χ3n) is 14.5. The molecular weight excluding hydrogens is 893 g/mol. The van der Waals surface area contributed by atoms with Crippen LogP contribution in [-0.4, -0.2) is 16.2 Å². The standard InChI is InChI=1S/C63H36N4O3S/c1-5-15-50-40(10-1)41-11-2-6-16-51(41)67(50)39-24-29-58-49(34-39)46-27-20-36(33-59(46)71-58)35-21-28-47-57(30-35)70-54-19-9-14-48(60(47)54)63-65-61(37-22-25-44-42-12-3-7-17-52(42)68-55(44)31-37)64-62(66-63)38-23-26-45-43-13-4-8-18-53(43)69-56(45)32-38/h1-34,63H,(H,64,65,66). The van der Waals surface area contributed by atoms with Crippen molar-refractivity contribution in [2.24, 2.45) is 9.98 Å². The van der Waals surface area contributed by atoms with Gasteiger partial charge in [-0.25, -0.2) is 9.98 Å². The Morgan fingerprint density at radius 2 is 0.944 bits per heavy atom. The molecule has 0 radical (unpaired) electrons. The first-order valence-electron chi connectivity index (χ1n) is 23.8. The zero-order chi connectivity index (χ0) is 46.3. The minimum Gasteiger partial charge on any atom is -0.456 e. The average Bonchev–Trinajstić information content (AvgIpc) is 4.25. The summed E-state index contributed by atoms with van der Waals surface area (Å²) in [7, 11) is 0. The van der Waals surface area contributed by atoms with Gasteiger partial charge in [0.05, 0.1) is 11.0 Å². The van der Waals surface area contributed by atoms with Crippen LogP contribution < -0.4 is 5.32 Å². The molecule has 0 amide bonds. The van der Waals surface area contributed by atoms with Gasteiger partial charge in [0.2, 0.25) is 0 Å². The molecule has 5 aromatic heterocycles. The zero-order valence-electron chi connectivity index (χ0n) is 37.7. The summed E-state index contributed by atoms with van der Waals surface area (Å²) in [6.07, 6.45) is -0.495. The molecule has 16 rings (SSSR count). The smallest absolute Gasteiger partial charge is 0.159 e. The highest BCUT2D eigenvalue weighted by Crippen LogP contribution is 2.42. The number of benzene rings is 10. The molecule has 0 aliphatic carbocycles. The second-order valence-corrected chi connectivity index (χ2v) is 19.6. The van der Waals surface area contributed by atoms with Crippen molar-refractivity contribution in [1.29, 1.82) is 0 Å². The van der Waals surface area contributed by atoms with Crippen molar-refractivity contribution in [2.45, 2.75) is 6.17 Å². The Labute approximate surface area is 407 Å². The molecule has 8 heteroatoms. The van der Waals surface area contributed by atoms with E-state index < -0.39 is 6.17 Å². The Kier molecular flexibility index (Phi) is 7.98. The van der Waals surface area contributed by atoms with Crippen LogP contribution in [0.1, 0.15) is 22.9 Å². The van der Waals surface area contributed by atoms with Gasteiger partial charge in [-0.05, 0) is 102 Å². The molecule has 0 fully saturated rings. The highest BCUT2D eigenvalue weighted by atomic mass is 32.1. The summed E-state index contributed by atoms with van der Waals surface area (Å²) >= 11 is 1.84. The average molecular weight is 929 g/mol. The SMILES string of the molecule is c1ccc2c(c1)oc1cc(C3=NC(c4cccc5oc6cc(-c7ccc8c(c7)sc7ccc(-n9c%10ccccc%10c%10ccccc%109)cc78)ccc6c45)NC(c4ccc5c(c4)oc4ccccc45)=N3)ccc12. The molecule has 0 saturated heterocycles. The Bertz CT molecular complexity index is 4770. The number of thiophene rings is 1. The van der Waals surface area contributed by atoms with Gasteiger partial charge in [-0.2, -0.15) is 0 Å². The van der Waals surface area contributed by atoms with Gasteiger partial charge in [0.1, 0.15) is 45.5 Å². The molecule has 10 aromatic carbocycles. The van der Waals surface area contributed by atoms with Crippen LogP contribution in [0.2, 0.25) is 0 Å². The largest absolute Gasteiger partial charge is 0.456 e. The monoisotopic (exact) mass is 928 g/mol. The van der Waals surface area contributed by atoms with E-state index in [4.69, 9.17) is 23.2 Å². The summed E-state index contributed by atoms with van der Waals surface area (Å²) in [5.74, 6) is 1.29. The van der Waals surface area contributed by atoms with Crippen LogP contribution in [0.15, 0.2) is 229 Å². The van der Waals surface area contributed by atoms with Gasteiger partial charge >= 0.3 is 0 Å². The quantitative estimate of drug-likeness (QED) is 0.186. The topological polar surface area (TPSA) is 81.1 Å². The normalized spacial score (nSPS) is 14.3. The number of hydrogen-bond donors (Lipinski definition) is 1. The van der Waals surface area contributed by atoms with Gasteiger partial charge in [-0.15, -0.1) is 11.3 Å². The summed E-state index contributed by atoms with van der Waals surface area (Å²) in [4.78, 5) is 10.6. The van der Waals surface area contributed by atoms with Gasteiger partial charge in [0, 0.05) is 85.6 Å². The van der Waals surface area contributed by atoms with E-state index >= 15 is 0 Å². The summed E-state index contributed by atoms with van der Waals surface area (Å²) in [5.41, 5.74) is 13.5. The van der Waals surface area contributed by atoms with Crippen molar-refractivity contribution in [3.05, 3.63) is 223 Å². The molecule has 6 heterocycles. The second-order valence-electron chi connectivity index (χ2n) is 18.5. The minimum absolute atomic E-state index is 0.495. The summed E-state index contributed by atoms with van der Waals surface area (Å²) in [6.45, 7) is 0. The van der Waals surface area contributed by atoms with E-state index in [-0.39, 0.29) is 0 Å². The van der Waals surface area contributed by atoms with E-state index in [2.05, 4.69) is 168 Å². The Morgan fingerprint density at radius 3 is 1.69 bits per heavy atom. The van der Waals surface area contributed by atoms with E-state index in [0.29, 0.717) is 11.7 Å². The van der Waals surface area contributed by atoms with E-state index in [9.17, 15) is 0 Å². The summed E-state index contributed by atoms with van der Waals surface area (Å²) in [6, 6.07) is 72.7. The summed E-state index contributed by atoms with van der Waals surface area (Å²) < 4.78 is 24.4. The number of fused-ring (bicyclic) bond motifs is 15. The van der Waals surface area contributed by atoms with Gasteiger partial charge in [-0.1, -0.05) is 115 Å².